The Balaban J connectivity index is 0.000000212. The monoisotopic (exact) mass is 1100 g/mol. The number of alkyl halides is 7. The highest BCUT2D eigenvalue weighted by Gasteiger charge is 2.42. The van der Waals surface area contributed by atoms with Gasteiger partial charge in [-0.1, -0.05) is 29.3 Å². The lowest BCUT2D eigenvalue weighted by molar-refractivity contribution is -0.192. The average molecular weight is 1100 g/mol. The first-order chi connectivity index (χ1) is 34.6. The van der Waals surface area contributed by atoms with Crippen molar-refractivity contribution in [3.8, 4) is 0 Å². The number of benzene rings is 2. The number of nitrogens with zero attached hydrogens (tertiary/aromatic N) is 5. The zero-order valence-electron chi connectivity index (χ0n) is 42.4. The second kappa shape index (κ2) is 26.6. The molecule has 3 amide bonds. The Hall–Kier alpha value is -4.44. The van der Waals surface area contributed by atoms with Crippen LogP contribution in [0, 0.1) is 17.8 Å². The zero-order chi connectivity index (χ0) is 54.7. The molecule has 8 rings (SSSR count). The summed E-state index contributed by atoms with van der Waals surface area (Å²) in [5, 5.41) is 23.5. The predicted octanol–water partition coefficient (Wildman–Crippen LogP) is 8.75. The smallest absolute Gasteiger partial charge is 0.481 e. The number of hydrogen-bond acceptors (Lipinski definition) is 9. The van der Waals surface area contributed by atoms with Crippen LogP contribution >= 0.6 is 23.2 Å². The quantitative estimate of drug-likeness (QED) is 0.168. The van der Waals surface area contributed by atoms with Crippen LogP contribution in [0.25, 0.3) is 0 Å². The number of anilines is 1. The van der Waals surface area contributed by atoms with Gasteiger partial charge in [0.2, 0.25) is 17.8 Å². The van der Waals surface area contributed by atoms with Crippen molar-refractivity contribution in [2.45, 2.75) is 120 Å². The van der Waals surface area contributed by atoms with Gasteiger partial charge in [0, 0.05) is 117 Å². The lowest BCUT2D eigenvalue weighted by Gasteiger charge is -2.48. The van der Waals surface area contributed by atoms with Crippen LogP contribution in [-0.4, -0.2) is 181 Å². The first-order valence-corrected chi connectivity index (χ1v) is 25.9. The summed E-state index contributed by atoms with van der Waals surface area (Å²) in [5.41, 5.74) is 3.22. The standard InChI is InChI=1S/C24H33ClF2N4O2.C18H26ClN3O.C7H10F2O2.C2HF3O2/c1-29(2)23(33)20-4-3-17(13-21(20)25)28-18-14-31(15-18)19-7-11-30(12-8-19)22(32)16-5-9-24(26,27)10-6-16;1-21(2)18(23)16-4-3-13(10-17(16)19)9-14-11-22(12-14)15-5-7-20-8-6-15;8-7(9)3-1-5(2-4-7)6(10)11;3-2(4,5)1(6)7/h3-4,13,16,18-19,28H,5-12,14-15H2,1-2H3;3-4,10,14-15,20H,5-9,11-12H2,1-2H3;5H,1-4H2,(H,10,11);(H,6,7). The Kier molecular flexibility index (Phi) is 21.7. The fourth-order valence-electron chi connectivity index (χ4n) is 10.1. The lowest BCUT2D eigenvalue weighted by Crippen LogP contribution is -2.60. The molecule has 2 aromatic carbocycles. The highest BCUT2D eigenvalue weighted by molar-refractivity contribution is 6.34. The van der Waals surface area contributed by atoms with E-state index < -0.39 is 35.9 Å². The summed E-state index contributed by atoms with van der Waals surface area (Å²) < 4.78 is 83.4. The van der Waals surface area contributed by atoms with Crippen molar-refractivity contribution in [2.24, 2.45) is 17.8 Å². The maximum absolute atomic E-state index is 13.4. The molecule has 74 heavy (non-hydrogen) atoms. The molecule has 14 nitrogen and oxygen atoms in total. The van der Waals surface area contributed by atoms with Crippen LogP contribution in [0.2, 0.25) is 10.0 Å². The third kappa shape index (κ3) is 17.8. The Bertz CT molecular complexity index is 2220. The highest BCUT2D eigenvalue weighted by Crippen LogP contribution is 2.38. The van der Waals surface area contributed by atoms with Crippen LogP contribution in [0.3, 0.4) is 0 Å². The van der Waals surface area contributed by atoms with Gasteiger partial charge in [0.15, 0.2) is 0 Å². The fourth-order valence-corrected chi connectivity index (χ4v) is 10.6. The van der Waals surface area contributed by atoms with Crippen molar-refractivity contribution >= 4 is 58.5 Å². The molecular weight excluding hydrogens is 1030 g/mol. The molecule has 4 heterocycles. The summed E-state index contributed by atoms with van der Waals surface area (Å²) in [7, 11) is 6.89. The lowest BCUT2D eigenvalue weighted by atomic mass is 9.85. The normalized spacial score (nSPS) is 21.2. The number of aliphatic carboxylic acids is 2. The molecule has 6 aliphatic rings. The van der Waals surface area contributed by atoms with Gasteiger partial charge in [-0.2, -0.15) is 13.2 Å². The van der Waals surface area contributed by atoms with Gasteiger partial charge in [-0.25, -0.2) is 22.4 Å². The van der Waals surface area contributed by atoms with Crippen LogP contribution < -0.4 is 10.6 Å². The van der Waals surface area contributed by atoms with E-state index in [1.54, 1.807) is 45.2 Å². The molecule has 0 atom stereocenters. The molecule has 23 heteroatoms. The molecular formula is C51H70Cl2F7N7O7. The molecule has 0 bridgehead atoms. The number of amides is 3. The van der Waals surface area contributed by atoms with E-state index in [9.17, 15) is 49.9 Å². The van der Waals surface area contributed by atoms with Crippen molar-refractivity contribution in [2.75, 3.05) is 85.9 Å². The molecule has 0 radical (unpaired) electrons. The van der Waals surface area contributed by atoms with E-state index in [2.05, 4.69) is 26.5 Å². The molecule has 0 unspecified atom stereocenters. The van der Waals surface area contributed by atoms with E-state index in [1.165, 1.54) is 36.4 Å². The van der Waals surface area contributed by atoms with Crippen molar-refractivity contribution in [1.82, 2.24) is 29.8 Å². The van der Waals surface area contributed by atoms with Gasteiger partial charge in [-0.15, -0.1) is 0 Å². The second-order valence-corrected chi connectivity index (χ2v) is 21.5. The Morgan fingerprint density at radius 3 is 1.57 bits per heavy atom. The minimum Gasteiger partial charge on any atom is -0.481 e. The van der Waals surface area contributed by atoms with E-state index in [4.69, 9.17) is 38.2 Å². The SMILES string of the molecule is CN(C)C(=O)c1ccc(CC2CN(C3CCNCC3)C2)cc1Cl.CN(C)C(=O)c1ccc(NC2CN(C3CCN(C(=O)C4CCC(F)(F)CC4)CC3)C2)cc1Cl.O=C(O)C(F)(F)F.O=C(O)C1CCC(F)(F)CC1. The minimum atomic E-state index is -5.08. The molecule has 4 N–H and O–H groups in total. The molecule has 414 valence electrons. The summed E-state index contributed by atoms with van der Waals surface area (Å²) >= 11 is 12.6. The molecule has 2 saturated carbocycles. The topological polar surface area (TPSA) is 166 Å². The van der Waals surface area contributed by atoms with E-state index in [0.29, 0.717) is 59.2 Å². The maximum Gasteiger partial charge on any atom is 0.490 e. The maximum atomic E-state index is 13.4. The van der Waals surface area contributed by atoms with Crippen molar-refractivity contribution in [3.63, 3.8) is 0 Å². The molecule has 4 saturated heterocycles. The van der Waals surface area contributed by atoms with Crippen molar-refractivity contribution < 1.29 is 64.9 Å². The van der Waals surface area contributed by atoms with E-state index in [-0.39, 0.29) is 62.2 Å². The van der Waals surface area contributed by atoms with Crippen LogP contribution in [-0.2, 0) is 20.8 Å². The minimum absolute atomic E-state index is 0.0396. The van der Waals surface area contributed by atoms with Crippen LogP contribution in [0.15, 0.2) is 36.4 Å². The van der Waals surface area contributed by atoms with Crippen LogP contribution in [0.4, 0.5) is 36.4 Å². The number of piperidine rings is 2. The molecule has 0 spiro atoms. The number of rotatable bonds is 10. The largest absolute Gasteiger partial charge is 0.490 e. The molecule has 2 aliphatic carbocycles. The van der Waals surface area contributed by atoms with Gasteiger partial charge in [0.1, 0.15) is 0 Å². The van der Waals surface area contributed by atoms with Crippen LogP contribution in [0.5, 0.6) is 0 Å². The van der Waals surface area contributed by atoms with E-state index in [1.807, 2.05) is 23.1 Å². The van der Waals surface area contributed by atoms with Crippen LogP contribution in [0.1, 0.15) is 103 Å². The average Bonchev–Trinajstić information content (AvgIpc) is 3.31. The van der Waals surface area contributed by atoms with Gasteiger partial charge in [-0.05, 0) is 113 Å². The van der Waals surface area contributed by atoms with Gasteiger partial charge in [0.25, 0.3) is 11.8 Å². The number of halogens is 9. The molecule has 2 aromatic rings. The Morgan fingerprint density at radius 2 is 1.12 bits per heavy atom. The van der Waals surface area contributed by atoms with Crippen molar-refractivity contribution in [3.05, 3.63) is 63.1 Å². The Morgan fingerprint density at radius 1 is 0.676 bits per heavy atom. The predicted molar refractivity (Wildman–Crippen MR) is 267 cm³/mol. The second-order valence-electron chi connectivity index (χ2n) is 20.7. The third-order valence-corrected chi connectivity index (χ3v) is 15.2. The first-order valence-electron chi connectivity index (χ1n) is 25.2. The number of carboxylic acids is 2. The number of carbonyl (C=O) groups excluding carboxylic acids is 3. The molecule has 0 aromatic heterocycles. The number of likely N-dealkylation sites (tertiary alicyclic amines) is 3. The molecule has 4 aliphatic heterocycles. The fraction of sp³-hybridized carbons (Fsp3) is 0.667. The van der Waals surface area contributed by atoms with Gasteiger partial charge < -0.3 is 35.5 Å². The summed E-state index contributed by atoms with van der Waals surface area (Å²) in [6.45, 7) is 7.97. The number of carboxylic acid groups (broad SMARTS) is 2. The van der Waals surface area contributed by atoms with Gasteiger partial charge in [0.05, 0.1) is 33.1 Å². The number of nitrogens with one attached hydrogen (secondary N) is 2. The zero-order valence-corrected chi connectivity index (χ0v) is 43.9. The Labute approximate surface area is 438 Å². The number of carbonyl (C=O) groups is 5. The third-order valence-electron chi connectivity index (χ3n) is 14.6. The summed E-state index contributed by atoms with van der Waals surface area (Å²) in [5.74, 6) is -9.06. The van der Waals surface area contributed by atoms with E-state index in [0.717, 1.165) is 63.1 Å². The highest BCUT2D eigenvalue weighted by atomic mass is 35.5. The molecule has 6 fully saturated rings. The van der Waals surface area contributed by atoms with Gasteiger partial charge in [-0.3, -0.25) is 29.0 Å². The summed E-state index contributed by atoms with van der Waals surface area (Å²) in [6.07, 6.45) is 0.335. The van der Waals surface area contributed by atoms with Crippen molar-refractivity contribution in [1.29, 1.82) is 0 Å². The summed E-state index contributed by atoms with van der Waals surface area (Å²) in [4.78, 5) is 66.1. The first kappa shape index (κ1) is 60.4. The number of hydrogen-bond donors (Lipinski definition) is 4. The van der Waals surface area contributed by atoms with E-state index >= 15 is 0 Å². The summed E-state index contributed by atoms with van der Waals surface area (Å²) in [6, 6.07) is 12.9. The van der Waals surface area contributed by atoms with Gasteiger partial charge >= 0.3 is 18.1 Å².